The largest absolute Gasteiger partial charge is 0.492 e. The highest BCUT2D eigenvalue weighted by atomic mass is 79.9. The maximum absolute atomic E-state index is 12.1. The summed E-state index contributed by atoms with van der Waals surface area (Å²) >= 11 is 3.35. The molecule has 0 amide bonds. The summed E-state index contributed by atoms with van der Waals surface area (Å²) in [6.45, 7) is 2.25. The van der Waals surface area contributed by atoms with Gasteiger partial charge in [-0.2, -0.15) is 0 Å². The average Bonchev–Trinajstić information content (AvgIpc) is 2.44. The Morgan fingerprint density at radius 2 is 1.90 bits per heavy atom. The molecule has 6 heteroatoms. The Bertz CT molecular complexity index is 716. The lowest BCUT2D eigenvalue weighted by Gasteiger charge is -2.10. The lowest BCUT2D eigenvalue weighted by atomic mass is 10.2. The number of halogens is 1. The fourth-order valence-corrected chi connectivity index (χ4v) is 3.47. The van der Waals surface area contributed by atoms with Gasteiger partial charge in [0.25, 0.3) is 0 Å². The molecule has 0 aliphatic carbocycles. The van der Waals surface area contributed by atoms with E-state index in [2.05, 4.69) is 20.7 Å². The minimum Gasteiger partial charge on any atom is -0.492 e. The van der Waals surface area contributed by atoms with Crippen molar-refractivity contribution in [2.75, 3.05) is 13.2 Å². The number of sulfonamides is 1. The topological polar surface area (TPSA) is 55.4 Å². The van der Waals surface area contributed by atoms with Crippen LogP contribution >= 0.6 is 15.9 Å². The van der Waals surface area contributed by atoms with Crippen LogP contribution in [0.5, 0.6) is 5.75 Å². The second-order valence-electron chi connectivity index (χ2n) is 4.47. The Hall–Kier alpha value is -1.37. The summed E-state index contributed by atoms with van der Waals surface area (Å²) in [7, 11) is -3.49. The first-order valence-corrected chi connectivity index (χ1v) is 8.70. The summed E-state index contributed by atoms with van der Waals surface area (Å²) in [5.41, 5.74) is 0.720. The van der Waals surface area contributed by atoms with Crippen molar-refractivity contribution >= 4 is 26.0 Å². The first-order valence-electron chi connectivity index (χ1n) is 6.43. The van der Waals surface area contributed by atoms with Gasteiger partial charge in [0.05, 0.1) is 4.90 Å². The highest BCUT2D eigenvalue weighted by Gasteiger charge is 2.15. The summed E-state index contributed by atoms with van der Waals surface area (Å²) < 4.78 is 33.2. The molecule has 0 saturated heterocycles. The van der Waals surface area contributed by atoms with Crippen molar-refractivity contribution in [2.24, 2.45) is 0 Å². The Labute approximate surface area is 133 Å². The van der Waals surface area contributed by atoms with Gasteiger partial charge >= 0.3 is 0 Å². The SMILES string of the molecule is Cc1ccccc1S(=O)(=O)NCCOc1cccc(Br)c1. The number of nitrogens with one attached hydrogen (secondary N) is 1. The zero-order chi connectivity index (χ0) is 15.3. The van der Waals surface area contributed by atoms with E-state index in [0.717, 1.165) is 10.0 Å². The Morgan fingerprint density at radius 1 is 1.14 bits per heavy atom. The second-order valence-corrected chi connectivity index (χ2v) is 7.12. The van der Waals surface area contributed by atoms with Crippen molar-refractivity contribution in [2.45, 2.75) is 11.8 Å². The summed E-state index contributed by atoms with van der Waals surface area (Å²) in [5.74, 6) is 0.694. The molecule has 0 heterocycles. The molecular formula is C15H16BrNO3S. The minimum atomic E-state index is -3.49. The number of rotatable bonds is 6. The van der Waals surface area contributed by atoms with Crippen LogP contribution in [0.3, 0.4) is 0 Å². The third-order valence-corrected chi connectivity index (χ3v) is 4.96. The maximum atomic E-state index is 12.1. The van der Waals surface area contributed by atoms with E-state index in [1.165, 1.54) is 0 Å². The van der Waals surface area contributed by atoms with E-state index < -0.39 is 10.0 Å². The molecule has 0 spiro atoms. The molecule has 2 aromatic carbocycles. The van der Waals surface area contributed by atoms with Crippen molar-refractivity contribution in [3.05, 3.63) is 58.6 Å². The van der Waals surface area contributed by atoms with E-state index in [1.54, 1.807) is 25.1 Å². The van der Waals surface area contributed by atoms with Gasteiger partial charge in [-0.1, -0.05) is 40.2 Å². The zero-order valence-corrected chi connectivity index (χ0v) is 13.9. The molecule has 0 unspecified atom stereocenters. The van der Waals surface area contributed by atoms with Crippen LogP contribution in [-0.2, 0) is 10.0 Å². The van der Waals surface area contributed by atoms with Crippen molar-refractivity contribution in [3.63, 3.8) is 0 Å². The number of benzene rings is 2. The minimum absolute atomic E-state index is 0.211. The molecule has 2 rings (SSSR count). The number of hydrogen-bond acceptors (Lipinski definition) is 3. The molecule has 21 heavy (non-hydrogen) atoms. The predicted octanol–water partition coefficient (Wildman–Crippen LogP) is 3.11. The lowest BCUT2D eigenvalue weighted by Crippen LogP contribution is -2.28. The fraction of sp³-hybridized carbons (Fsp3) is 0.200. The Morgan fingerprint density at radius 3 is 2.62 bits per heavy atom. The van der Waals surface area contributed by atoms with Crippen molar-refractivity contribution < 1.29 is 13.2 Å². The summed E-state index contributed by atoms with van der Waals surface area (Å²) in [6.07, 6.45) is 0. The van der Waals surface area contributed by atoms with Crippen molar-refractivity contribution in [3.8, 4) is 5.75 Å². The molecule has 4 nitrogen and oxygen atoms in total. The van der Waals surface area contributed by atoms with Crippen LogP contribution < -0.4 is 9.46 Å². The lowest BCUT2D eigenvalue weighted by molar-refractivity contribution is 0.322. The monoisotopic (exact) mass is 369 g/mol. The smallest absolute Gasteiger partial charge is 0.240 e. The van der Waals surface area contributed by atoms with E-state index in [1.807, 2.05) is 30.3 Å². The van der Waals surface area contributed by atoms with Gasteiger partial charge in [0.2, 0.25) is 10.0 Å². The third-order valence-electron chi connectivity index (χ3n) is 2.84. The van der Waals surface area contributed by atoms with Crippen LogP contribution in [0, 0.1) is 6.92 Å². The van der Waals surface area contributed by atoms with Crippen LogP contribution in [-0.4, -0.2) is 21.6 Å². The molecular weight excluding hydrogens is 354 g/mol. The highest BCUT2D eigenvalue weighted by molar-refractivity contribution is 9.10. The van der Waals surface area contributed by atoms with Crippen LogP contribution in [0.4, 0.5) is 0 Å². The molecule has 0 aromatic heterocycles. The molecule has 0 radical (unpaired) electrons. The van der Waals surface area contributed by atoms with Gasteiger partial charge in [0, 0.05) is 11.0 Å². The average molecular weight is 370 g/mol. The van der Waals surface area contributed by atoms with Gasteiger partial charge in [0.15, 0.2) is 0 Å². The van der Waals surface area contributed by atoms with Gasteiger partial charge in [0.1, 0.15) is 12.4 Å². The highest BCUT2D eigenvalue weighted by Crippen LogP contribution is 2.17. The number of aryl methyl sites for hydroxylation is 1. The van der Waals surface area contributed by atoms with Gasteiger partial charge in [-0.15, -0.1) is 0 Å². The number of hydrogen-bond donors (Lipinski definition) is 1. The first kappa shape index (κ1) is 16.0. The van der Waals surface area contributed by atoms with E-state index in [0.29, 0.717) is 10.6 Å². The standard InChI is InChI=1S/C15H16BrNO3S/c1-12-5-2-3-8-15(12)21(18,19)17-9-10-20-14-7-4-6-13(16)11-14/h2-8,11,17H,9-10H2,1H3. The van der Waals surface area contributed by atoms with Gasteiger partial charge in [-0.25, -0.2) is 13.1 Å². The van der Waals surface area contributed by atoms with Crippen LogP contribution in [0.25, 0.3) is 0 Å². The van der Waals surface area contributed by atoms with Gasteiger partial charge in [-0.05, 0) is 36.8 Å². The normalized spacial score (nSPS) is 11.3. The van der Waals surface area contributed by atoms with E-state index in [-0.39, 0.29) is 13.2 Å². The molecule has 0 aliphatic rings. The molecule has 0 atom stereocenters. The molecule has 0 bridgehead atoms. The maximum Gasteiger partial charge on any atom is 0.240 e. The van der Waals surface area contributed by atoms with Crippen LogP contribution in [0.2, 0.25) is 0 Å². The van der Waals surface area contributed by atoms with E-state index in [9.17, 15) is 8.42 Å². The molecule has 1 N–H and O–H groups in total. The van der Waals surface area contributed by atoms with Crippen LogP contribution in [0.1, 0.15) is 5.56 Å². The fourth-order valence-electron chi connectivity index (χ4n) is 1.84. The molecule has 0 fully saturated rings. The second kappa shape index (κ2) is 7.06. The van der Waals surface area contributed by atoms with E-state index >= 15 is 0 Å². The predicted molar refractivity (Wildman–Crippen MR) is 86.0 cm³/mol. The Balaban J connectivity index is 1.90. The third kappa shape index (κ3) is 4.56. The summed E-state index contributed by atoms with van der Waals surface area (Å²) in [5, 5.41) is 0. The van der Waals surface area contributed by atoms with Gasteiger partial charge < -0.3 is 4.74 Å². The Kier molecular flexibility index (Phi) is 5.39. The molecule has 0 aliphatic heterocycles. The van der Waals surface area contributed by atoms with Crippen LogP contribution in [0.15, 0.2) is 57.9 Å². The quantitative estimate of drug-likeness (QED) is 0.795. The first-order chi connectivity index (χ1) is 9.99. The summed E-state index contributed by atoms with van der Waals surface area (Å²) in [4.78, 5) is 0.299. The molecule has 2 aromatic rings. The molecule has 112 valence electrons. The van der Waals surface area contributed by atoms with E-state index in [4.69, 9.17) is 4.74 Å². The number of ether oxygens (including phenoxy) is 1. The molecule has 0 saturated carbocycles. The zero-order valence-electron chi connectivity index (χ0n) is 11.5. The van der Waals surface area contributed by atoms with Crippen molar-refractivity contribution in [1.29, 1.82) is 0 Å². The van der Waals surface area contributed by atoms with Gasteiger partial charge in [-0.3, -0.25) is 0 Å². The summed E-state index contributed by atoms with van der Waals surface area (Å²) in [6, 6.07) is 14.3. The van der Waals surface area contributed by atoms with Crippen molar-refractivity contribution in [1.82, 2.24) is 4.72 Å².